The average Bonchev–Trinajstić information content (AvgIpc) is 2.92. The van der Waals surface area contributed by atoms with Gasteiger partial charge in [-0.1, -0.05) is 78.9 Å². The third kappa shape index (κ3) is 2.71. The quantitative estimate of drug-likeness (QED) is 0.763. The van der Waals surface area contributed by atoms with Gasteiger partial charge in [0.1, 0.15) is 0 Å². The molecule has 1 amide bonds. The minimum Gasteiger partial charge on any atom is -0.372 e. The molecule has 130 valence electrons. The van der Waals surface area contributed by atoms with E-state index in [1.54, 1.807) is 4.90 Å². The summed E-state index contributed by atoms with van der Waals surface area (Å²) in [5.41, 5.74) is 1.73. The summed E-state index contributed by atoms with van der Waals surface area (Å²) in [6, 6.07) is 27.0. The van der Waals surface area contributed by atoms with Crippen molar-refractivity contribution in [1.82, 2.24) is 0 Å². The maximum atomic E-state index is 13.2. The number of hydrogen-bond donors (Lipinski definition) is 1. The Hall–Kier alpha value is -2.91. The van der Waals surface area contributed by atoms with E-state index in [0.717, 1.165) is 18.5 Å². The van der Waals surface area contributed by atoms with Crippen LogP contribution in [0.25, 0.3) is 0 Å². The highest BCUT2D eigenvalue weighted by Gasteiger charge is 2.50. The summed E-state index contributed by atoms with van der Waals surface area (Å²) < 4.78 is 0. The smallest absolute Gasteiger partial charge is 0.268 e. The van der Waals surface area contributed by atoms with Crippen molar-refractivity contribution in [2.24, 2.45) is 0 Å². The van der Waals surface area contributed by atoms with Crippen LogP contribution < -0.4 is 4.90 Å². The van der Waals surface area contributed by atoms with Crippen molar-refractivity contribution < 1.29 is 9.90 Å². The van der Waals surface area contributed by atoms with Crippen LogP contribution >= 0.6 is 0 Å². The molecular formula is C23H21NO2. The van der Waals surface area contributed by atoms with Gasteiger partial charge in [-0.05, 0) is 30.0 Å². The van der Waals surface area contributed by atoms with Gasteiger partial charge in [0.05, 0.1) is 5.69 Å². The van der Waals surface area contributed by atoms with E-state index >= 15 is 0 Å². The Kier molecular flexibility index (Phi) is 4.31. The minimum atomic E-state index is -1.61. The Labute approximate surface area is 153 Å². The predicted molar refractivity (Wildman–Crippen MR) is 103 cm³/mol. The highest BCUT2D eigenvalue weighted by molar-refractivity contribution is 6.09. The number of aliphatic hydroxyl groups is 1. The number of benzene rings is 3. The number of fused-ring (bicyclic) bond motifs is 1. The molecule has 1 aliphatic rings. The summed E-state index contributed by atoms with van der Waals surface area (Å²) in [4.78, 5) is 14.9. The van der Waals surface area contributed by atoms with Gasteiger partial charge in [-0.15, -0.1) is 0 Å². The summed E-state index contributed by atoms with van der Waals surface area (Å²) >= 11 is 0. The number of para-hydroxylation sites is 1. The number of amides is 1. The lowest BCUT2D eigenvalue weighted by Crippen LogP contribution is -2.41. The van der Waals surface area contributed by atoms with Gasteiger partial charge < -0.3 is 10.0 Å². The van der Waals surface area contributed by atoms with Crippen molar-refractivity contribution >= 4 is 11.6 Å². The van der Waals surface area contributed by atoms with Crippen LogP contribution in [0.4, 0.5) is 5.69 Å². The third-order valence-corrected chi connectivity index (χ3v) is 5.02. The molecular weight excluding hydrogens is 322 g/mol. The Morgan fingerprint density at radius 3 is 2.15 bits per heavy atom. The summed E-state index contributed by atoms with van der Waals surface area (Å²) in [7, 11) is 0. The molecule has 3 heteroatoms. The van der Waals surface area contributed by atoms with Crippen LogP contribution in [0.3, 0.4) is 0 Å². The number of aryl methyl sites for hydroxylation is 1. The summed E-state index contributed by atoms with van der Waals surface area (Å²) in [6.07, 6.45) is 1.74. The second-order valence-corrected chi connectivity index (χ2v) is 6.64. The molecule has 0 aromatic heterocycles. The molecule has 1 atom stereocenters. The average molecular weight is 343 g/mol. The Balaban J connectivity index is 1.62. The van der Waals surface area contributed by atoms with Gasteiger partial charge in [-0.3, -0.25) is 4.79 Å². The second kappa shape index (κ2) is 6.77. The standard InChI is InChI=1S/C23H21NO2/c25-22-23(26,19-13-5-2-6-14-19)20-15-7-8-16-21(20)24(22)17-9-12-18-10-3-1-4-11-18/h1-8,10-11,13-16,26H,9,12,17H2. The largest absolute Gasteiger partial charge is 0.372 e. The van der Waals surface area contributed by atoms with Crippen molar-refractivity contribution in [2.45, 2.75) is 18.4 Å². The Bertz CT molecular complexity index is 908. The molecule has 4 rings (SSSR count). The highest BCUT2D eigenvalue weighted by atomic mass is 16.3. The van der Waals surface area contributed by atoms with Gasteiger partial charge in [0.25, 0.3) is 5.91 Å². The van der Waals surface area contributed by atoms with E-state index in [1.807, 2.05) is 72.8 Å². The molecule has 3 aromatic rings. The first kappa shape index (κ1) is 16.6. The molecule has 1 heterocycles. The molecule has 26 heavy (non-hydrogen) atoms. The molecule has 0 saturated carbocycles. The second-order valence-electron chi connectivity index (χ2n) is 6.64. The summed E-state index contributed by atoms with van der Waals surface area (Å²) in [5, 5.41) is 11.4. The van der Waals surface area contributed by atoms with Crippen molar-refractivity contribution in [3.8, 4) is 0 Å². The van der Waals surface area contributed by atoms with Gasteiger partial charge >= 0.3 is 0 Å². The molecule has 1 aliphatic heterocycles. The summed E-state index contributed by atoms with van der Waals surface area (Å²) in [6.45, 7) is 0.583. The highest BCUT2D eigenvalue weighted by Crippen LogP contribution is 2.44. The number of rotatable bonds is 5. The zero-order valence-corrected chi connectivity index (χ0v) is 14.5. The normalized spacial score (nSPS) is 18.8. The molecule has 3 aromatic carbocycles. The van der Waals surface area contributed by atoms with E-state index in [2.05, 4.69) is 12.1 Å². The Morgan fingerprint density at radius 1 is 0.808 bits per heavy atom. The molecule has 1 unspecified atom stereocenters. The zero-order valence-electron chi connectivity index (χ0n) is 14.5. The maximum Gasteiger partial charge on any atom is 0.268 e. The predicted octanol–water partition coefficient (Wildman–Crippen LogP) is 3.90. The van der Waals surface area contributed by atoms with Crippen LogP contribution in [-0.4, -0.2) is 17.6 Å². The van der Waals surface area contributed by atoms with Crippen molar-refractivity contribution in [3.63, 3.8) is 0 Å². The third-order valence-electron chi connectivity index (χ3n) is 5.02. The lowest BCUT2D eigenvalue weighted by atomic mass is 9.88. The maximum absolute atomic E-state index is 13.2. The van der Waals surface area contributed by atoms with E-state index in [1.165, 1.54) is 5.56 Å². The number of nitrogens with zero attached hydrogens (tertiary/aromatic N) is 1. The fourth-order valence-electron chi connectivity index (χ4n) is 3.70. The molecule has 0 spiro atoms. The summed E-state index contributed by atoms with van der Waals surface area (Å²) in [5.74, 6) is -0.266. The molecule has 0 fully saturated rings. The van der Waals surface area contributed by atoms with Crippen LogP contribution in [0, 0.1) is 0 Å². The van der Waals surface area contributed by atoms with Crippen LogP contribution in [0.5, 0.6) is 0 Å². The monoisotopic (exact) mass is 343 g/mol. The van der Waals surface area contributed by atoms with E-state index in [9.17, 15) is 9.90 Å². The van der Waals surface area contributed by atoms with Gasteiger partial charge in [-0.2, -0.15) is 0 Å². The molecule has 0 bridgehead atoms. The number of carbonyl (C=O) groups excluding carboxylic acids is 1. The van der Waals surface area contributed by atoms with Gasteiger partial charge in [0, 0.05) is 12.1 Å². The van der Waals surface area contributed by atoms with Crippen molar-refractivity contribution in [2.75, 3.05) is 11.4 Å². The topological polar surface area (TPSA) is 40.5 Å². The van der Waals surface area contributed by atoms with E-state index < -0.39 is 5.60 Å². The van der Waals surface area contributed by atoms with Crippen LogP contribution in [-0.2, 0) is 16.8 Å². The van der Waals surface area contributed by atoms with Gasteiger partial charge in [0.15, 0.2) is 5.60 Å². The molecule has 1 N–H and O–H groups in total. The van der Waals surface area contributed by atoms with Crippen LogP contribution in [0.2, 0.25) is 0 Å². The first-order valence-electron chi connectivity index (χ1n) is 8.94. The number of anilines is 1. The zero-order chi connectivity index (χ0) is 18.0. The number of hydrogen-bond acceptors (Lipinski definition) is 2. The molecule has 0 radical (unpaired) electrons. The minimum absolute atomic E-state index is 0.266. The van der Waals surface area contributed by atoms with Gasteiger partial charge in [0.2, 0.25) is 0 Å². The van der Waals surface area contributed by atoms with Crippen molar-refractivity contribution in [1.29, 1.82) is 0 Å². The fourth-order valence-corrected chi connectivity index (χ4v) is 3.70. The molecule has 0 aliphatic carbocycles. The number of carbonyl (C=O) groups is 1. The molecule has 0 saturated heterocycles. The van der Waals surface area contributed by atoms with Crippen LogP contribution in [0.15, 0.2) is 84.9 Å². The SMILES string of the molecule is O=C1N(CCCc2ccccc2)c2ccccc2C1(O)c1ccccc1. The van der Waals surface area contributed by atoms with Crippen LogP contribution in [0.1, 0.15) is 23.1 Å². The van der Waals surface area contributed by atoms with Gasteiger partial charge in [-0.25, -0.2) is 0 Å². The van der Waals surface area contributed by atoms with E-state index in [0.29, 0.717) is 17.7 Å². The lowest BCUT2D eigenvalue weighted by Gasteiger charge is -2.23. The first-order valence-corrected chi connectivity index (χ1v) is 8.94. The van der Waals surface area contributed by atoms with E-state index in [-0.39, 0.29) is 5.91 Å². The fraction of sp³-hybridized carbons (Fsp3) is 0.174. The van der Waals surface area contributed by atoms with E-state index in [4.69, 9.17) is 0 Å². The first-order chi connectivity index (χ1) is 12.7. The van der Waals surface area contributed by atoms with Crippen molar-refractivity contribution in [3.05, 3.63) is 102 Å². The molecule has 3 nitrogen and oxygen atoms in total. The lowest BCUT2D eigenvalue weighted by molar-refractivity contribution is -0.132. The Morgan fingerprint density at radius 2 is 1.42 bits per heavy atom.